The number of rotatable bonds is 6. The van der Waals surface area contributed by atoms with Crippen LogP contribution in [0.15, 0.2) is 24.3 Å². The largest absolute Gasteiger partial charge is 0.457 e. The molecule has 1 aromatic rings. The summed E-state index contributed by atoms with van der Waals surface area (Å²) in [6, 6.07) is 4.44. The minimum atomic E-state index is -0.430. The van der Waals surface area contributed by atoms with Crippen LogP contribution >= 0.6 is 0 Å². The van der Waals surface area contributed by atoms with Gasteiger partial charge in [0.1, 0.15) is 11.4 Å². The van der Waals surface area contributed by atoms with Gasteiger partial charge in [0.15, 0.2) is 0 Å². The number of aromatic nitrogens is 1. The highest BCUT2D eigenvalue weighted by Gasteiger charge is 2.22. The lowest BCUT2D eigenvalue weighted by Crippen LogP contribution is -2.23. The van der Waals surface area contributed by atoms with Gasteiger partial charge in [-0.3, -0.25) is 4.90 Å². The maximum Gasteiger partial charge on any atom is 0.330 e. The van der Waals surface area contributed by atoms with Crippen LogP contribution in [0.5, 0.6) is 0 Å². The molecule has 1 atom stereocenters. The number of carbonyl (C=O) groups is 1. The van der Waals surface area contributed by atoms with Gasteiger partial charge in [-0.15, -0.1) is 0 Å². The molecule has 0 radical (unpaired) electrons. The molecule has 27 heavy (non-hydrogen) atoms. The molecule has 148 valence electrons. The minimum Gasteiger partial charge on any atom is -0.457 e. The number of pyridine rings is 1. The van der Waals surface area contributed by atoms with Gasteiger partial charge < -0.3 is 10.1 Å². The molecule has 5 nitrogen and oxygen atoms in total. The first-order valence-electron chi connectivity index (χ1n) is 10.2. The van der Waals surface area contributed by atoms with Gasteiger partial charge >= 0.3 is 5.97 Å². The van der Waals surface area contributed by atoms with Crippen LogP contribution in [0.3, 0.4) is 0 Å². The van der Waals surface area contributed by atoms with Crippen molar-refractivity contribution >= 4 is 11.8 Å². The zero-order chi connectivity index (χ0) is 19.3. The fourth-order valence-corrected chi connectivity index (χ4v) is 3.81. The predicted octanol–water partition coefficient (Wildman–Crippen LogP) is 3.59. The molecule has 2 aliphatic rings. The van der Waals surface area contributed by atoms with E-state index in [0.29, 0.717) is 5.92 Å². The average Bonchev–Trinajstić information content (AvgIpc) is 3.06. The standard InChI is InChI=1S/C22H33N3O2/c1-22(2,3)27-20(26)7-5-14-25-15-12-17(16-25)8-10-19-11-9-18-6-4-13-23-21(18)24-19/h5,7,9,11,17H,4,6,8,10,12-16H2,1-3H3,(H,23,24)/b7-5+. The highest BCUT2D eigenvalue weighted by atomic mass is 16.6. The third kappa shape index (κ3) is 6.35. The van der Waals surface area contributed by atoms with E-state index in [9.17, 15) is 4.79 Å². The van der Waals surface area contributed by atoms with E-state index in [1.807, 2.05) is 26.8 Å². The van der Waals surface area contributed by atoms with Crippen molar-refractivity contribution in [2.75, 3.05) is 31.5 Å². The molecule has 1 unspecified atom stereocenters. The Morgan fingerprint density at radius 2 is 2.26 bits per heavy atom. The molecule has 2 aliphatic heterocycles. The van der Waals surface area contributed by atoms with Crippen LogP contribution in [0.25, 0.3) is 0 Å². The van der Waals surface area contributed by atoms with Crippen molar-refractivity contribution in [3.63, 3.8) is 0 Å². The van der Waals surface area contributed by atoms with Crippen molar-refractivity contribution in [3.8, 4) is 0 Å². The first kappa shape index (κ1) is 19.9. The van der Waals surface area contributed by atoms with Gasteiger partial charge in [0.25, 0.3) is 0 Å². The van der Waals surface area contributed by atoms with Gasteiger partial charge in [-0.05, 0) is 77.0 Å². The molecule has 3 rings (SSSR count). The Labute approximate surface area is 163 Å². The second kappa shape index (κ2) is 8.87. The summed E-state index contributed by atoms with van der Waals surface area (Å²) >= 11 is 0. The Bertz CT molecular complexity index is 679. The van der Waals surface area contributed by atoms with E-state index >= 15 is 0 Å². The third-order valence-corrected chi connectivity index (χ3v) is 5.15. The number of likely N-dealkylation sites (tertiary alicyclic amines) is 1. The Balaban J connectivity index is 1.39. The number of nitrogens with one attached hydrogen (secondary N) is 1. The Hall–Kier alpha value is -1.88. The molecule has 0 saturated carbocycles. The van der Waals surface area contributed by atoms with E-state index < -0.39 is 5.60 Å². The second-order valence-electron chi connectivity index (χ2n) is 8.73. The van der Waals surface area contributed by atoms with Gasteiger partial charge in [0.05, 0.1) is 0 Å². The van der Waals surface area contributed by atoms with Crippen LogP contribution in [-0.2, 0) is 22.4 Å². The van der Waals surface area contributed by atoms with Gasteiger partial charge in [-0.1, -0.05) is 12.1 Å². The van der Waals surface area contributed by atoms with E-state index in [0.717, 1.165) is 44.8 Å². The third-order valence-electron chi connectivity index (χ3n) is 5.15. The molecular formula is C22H33N3O2. The van der Waals surface area contributed by atoms with Gasteiger partial charge in [-0.2, -0.15) is 0 Å². The number of fused-ring (bicyclic) bond motifs is 1. The lowest BCUT2D eigenvalue weighted by molar-refractivity contribution is -0.148. The molecule has 0 aliphatic carbocycles. The molecule has 3 heterocycles. The normalized spacial score (nSPS) is 20.5. The summed E-state index contributed by atoms with van der Waals surface area (Å²) in [5.41, 5.74) is 2.13. The lowest BCUT2D eigenvalue weighted by Gasteiger charge is -2.18. The van der Waals surface area contributed by atoms with Crippen molar-refractivity contribution in [3.05, 3.63) is 35.5 Å². The molecule has 5 heteroatoms. The van der Waals surface area contributed by atoms with Crippen LogP contribution in [0.4, 0.5) is 5.82 Å². The molecule has 1 fully saturated rings. The zero-order valence-electron chi connectivity index (χ0n) is 17.0. The van der Waals surface area contributed by atoms with Gasteiger partial charge in [0, 0.05) is 31.4 Å². The number of nitrogens with zero attached hydrogens (tertiary/aromatic N) is 2. The number of hydrogen-bond acceptors (Lipinski definition) is 5. The summed E-state index contributed by atoms with van der Waals surface area (Å²) in [5, 5.41) is 3.42. The number of aryl methyl sites for hydroxylation is 2. The van der Waals surface area contributed by atoms with Crippen molar-refractivity contribution in [1.82, 2.24) is 9.88 Å². The summed E-state index contributed by atoms with van der Waals surface area (Å²) in [5.74, 6) is 1.55. The number of carbonyl (C=O) groups excluding carboxylic acids is 1. The Morgan fingerprint density at radius 3 is 3.07 bits per heavy atom. The topological polar surface area (TPSA) is 54.5 Å². The van der Waals surface area contributed by atoms with Crippen LogP contribution in [0.1, 0.15) is 51.3 Å². The molecule has 1 saturated heterocycles. The first-order chi connectivity index (χ1) is 12.9. The van der Waals surface area contributed by atoms with E-state index in [4.69, 9.17) is 9.72 Å². The predicted molar refractivity (Wildman–Crippen MR) is 109 cm³/mol. The Morgan fingerprint density at radius 1 is 1.41 bits per heavy atom. The number of hydrogen-bond donors (Lipinski definition) is 1. The van der Waals surface area contributed by atoms with Crippen molar-refractivity contribution in [1.29, 1.82) is 0 Å². The van der Waals surface area contributed by atoms with Crippen molar-refractivity contribution in [2.24, 2.45) is 5.92 Å². The summed E-state index contributed by atoms with van der Waals surface area (Å²) in [6.45, 7) is 9.71. The average molecular weight is 372 g/mol. The summed E-state index contributed by atoms with van der Waals surface area (Å²) in [4.78, 5) is 18.9. The van der Waals surface area contributed by atoms with Crippen LogP contribution < -0.4 is 5.32 Å². The first-order valence-corrected chi connectivity index (χ1v) is 10.2. The van der Waals surface area contributed by atoms with Crippen LogP contribution in [0.2, 0.25) is 0 Å². The SMILES string of the molecule is CC(C)(C)OC(=O)/C=C/CN1CCC(CCc2ccc3c(n2)NCCC3)C1. The van der Waals surface area contributed by atoms with Gasteiger partial charge in [0.2, 0.25) is 0 Å². The maximum atomic E-state index is 11.7. The highest BCUT2D eigenvalue weighted by molar-refractivity contribution is 5.82. The molecule has 0 aromatic carbocycles. The number of ether oxygens (including phenoxy) is 1. The minimum absolute atomic E-state index is 0.259. The zero-order valence-corrected chi connectivity index (χ0v) is 17.0. The fraction of sp³-hybridized carbons (Fsp3) is 0.636. The second-order valence-corrected chi connectivity index (χ2v) is 8.73. The summed E-state index contributed by atoms with van der Waals surface area (Å²) in [6.07, 6.45) is 9.27. The van der Waals surface area contributed by atoms with E-state index in [1.54, 1.807) is 6.08 Å². The summed E-state index contributed by atoms with van der Waals surface area (Å²) < 4.78 is 5.29. The smallest absolute Gasteiger partial charge is 0.330 e. The monoisotopic (exact) mass is 371 g/mol. The highest BCUT2D eigenvalue weighted by Crippen LogP contribution is 2.24. The number of esters is 1. The molecular weight excluding hydrogens is 338 g/mol. The fourth-order valence-electron chi connectivity index (χ4n) is 3.81. The van der Waals surface area contributed by atoms with E-state index in [1.165, 1.54) is 30.5 Å². The molecule has 1 N–H and O–H groups in total. The Kier molecular flexibility index (Phi) is 6.53. The van der Waals surface area contributed by atoms with E-state index in [-0.39, 0.29) is 5.97 Å². The molecule has 0 bridgehead atoms. The molecule has 0 amide bonds. The van der Waals surface area contributed by atoms with Crippen LogP contribution in [0, 0.1) is 5.92 Å². The quantitative estimate of drug-likeness (QED) is 0.612. The van der Waals surface area contributed by atoms with Crippen molar-refractivity contribution in [2.45, 2.75) is 58.5 Å². The van der Waals surface area contributed by atoms with Crippen LogP contribution in [-0.4, -0.2) is 47.6 Å². The van der Waals surface area contributed by atoms with Gasteiger partial charge in [-0.25, -0.2) is 9.78 Å². The van der Waals surface area contributed by atoms with Crippen molar-refractivity contribution < 1.29 is 9.53 Å². The molecule has 0 spiro atoms. The number of anilines is 1. The summed E-state index contributed by atoms with van der Waals surface area (Å²) in [7, 11) is 0. The lowest BCUT2D eigenvalue weighted by atomic mass is 10.00. The molecule has 1 aromatic heterocycles. The van der Waals surface area contributed by atoms with E-state index in [2.05, 4.69) is 22.3 Å². The maximum absolute atomic E-state index is 11.7.